The number of hydrogen-bond acceptors (Lipinski definition) is 10. The topological polar surface area (TPSA) is 103 Å². The van der Waals surface area contributed by atoms with E-state index < -0.39 is 24.8 Å². The Labute approximate surface area is 284 Å². The van der Waals surface area contributed by atoms with E-state index in [1.807, 2.05) is 0 Å². The fraction of sp³-hybridized carbons (Fsp3) is 0.972. The van der Waals surface area contributed by atoms with Crippen LogP contribution in [0.3, 0.4) is 0 Å². The summed E-state index contributed by atoms with van der Waals surface area (Å²) in [5.41, 5.74) is 0. The van der Waals surface area contributed by atoms with E-state index in [0.29, 0.717) is 6.61 Å². The van der Waals surface area contributed by atoms with Crippen LogP contribution in [0.5, 0.6) is 0 Å². The standard InChI is InChI=1S/C36H63O10P/c1-12-23-31(44-33-21(8)19(6)29(38-10)24(13-2)40-33)25(14-3)41-35(23)45-32-27(37)17(4)15-18(5)28(32)43-34-22(9)20(7)30-26(42-34)16-39-36(46-30)47-11/h17-37H,11-16H2,1-10H3. The molecule has 11 heteroatoms. The van der Waals surface area contributed by atoms with Crippen molar-refractivity contribution < 1.29 is 47.7 Å². The van der Waals surface area contributed by atoms with Crippen LogP contribution in [0.4, 0.5) is 0 Å². The summed E-state index contributed by atoms with van der Waals surface area (Å²) in [5, 5.41) is 11.6. The van der Waals surface area contributed by atoms with Crippen LogP contribution in [0.15, 0.2) is 0 Å². The van der Waals surface area contributed by atoms with Gasteiger partial charge in [0.1, 0.15) is 12.2 Å². The van der Waals surface area contributed by atoms with Crippen molar-refractivity contribution in [2.75, 3.05) is 13.7 Å². The number of hydrogen-bond donors (Lipinski definition) is 1. The van der Waals surface area contributed by atoms with Crippen molar-refractivity contribution >= 4 is 14.5 Å². The largest absolute Gasteiger partial charge is 0.390 e. The molecule has 0 amide bonds. The Morgan fingerprint density at radius 3 is 1.91 bits per heavy atom. The van der Waals surface area contributed by atoms with E-state index in [9.17, 15) is 5.11 Å². The summed E-state index contributed by atoms with van der Waals surface area (Å²) in [4.78, 5) is 0. The van der Waals surface area contributed by atoms with E-state index in [1.54, 1.807) is 7.11 Å². The van der Waals surface area contributed by atoms with Gasteiger partial charge in [-0.2, -0.15) is 0 Å². The smallest absolute Gasteiger partial charge is 0.200 e. The van der Waals surface area contributed by atoms with Crippen molar-refractivity contribution in [1.29, 1.82) is 0 Å². The average Bonchev–Trinajstić information content (AvgIpc) is 3.40. The maximum Gasteiger partial charge on any atom is 0.200 e. The predicted octanol–water partition coefficient (Wildman–Crippen LogP) is 5.84. The van der Waals surface area contributed by atoms with Crippen LogP contribution in [0, 0.1) is 41.4 Å². The first-order chi connectivity index (χ1) is 22.5. The number of fused-ring (bicyclic) bond motifs is 1. The minimum absolute atomic E-state index is 0.0252. The van der Waals surface area contributed by atoms with Gasteiger partial charge >= 0.3 is 0 Å². The van der Waals surface area contributed by atoms with Crippen molar-refractivity contribution in [2.45, 2.75) is 168 Å². The second-order valence-corrected chi connectivity index (χ2v) is 15.8. The number of aliphatic hydroxyl groups excluding tert-OH is 1. The third kappa shape index (κ3) is 7.69. The molecule has 0 bridgehead atoms. The molecule has 0 aromatic heterocycles. The summed E-state index contributed by atoms with van der Waals surface area (Å²) in [6, 6.07) is -0.330. The number of rotatable bonds is 11. The van der Waals surface area contributed by atoms with Gasteiger partial charge in [-0.05, 0) is 57.6 Å². The van der Waals surface area contributed by atoms with E-state index in [2.05, 4.69) is 68.6 Å². The Bertz CT molecular complexity index is 1000. The van der Waals surface area contributed by atoms with Gasteiger partial charge in [-0.1, -0.05) is 68.6 Å². The molecule has 4 aliphatic heterocycles. The van der Waals surface area contributed by atoms with Crippen molar-refractivity contribution in [3.05, 3.63) is 0 Å². The highest BCUT2D eigenvalue weighted by atomic mass is 31.1. The molecule has 1 aliphatic carbocycles. The Hall–Kier alpha value is -0.230. The third-order valence-electron chi connectivity index (χ3n) is 12.1. The Kier molecular flexibility index (Phi) is 13.3. The maximum absolute atomic E-state index is 11.6. The van der Waals surface area contributed by atoms with E-state index in [1.165, 1.54) is 0 Å². The summed E-state index contributed by atoms with van der Waals surface area (Å²) >= 11 is 0. The number of methoxy groups -OCH3 is 1. The molecule has 4 saturated heterocycles. The van der Waals surface area contributed by atoms with Gasteiger partial charge in [0.25, 0.3) is 0 Å². The molecule has 20 atom stereocenters. The van der Waals surface area contributed by atoms with Crippen molar-refractivity contribution in [3.8, 4) is 0 Å². The van der Waals surface area contributed by atoms with Crippen LogP contribution in [-0.4, -0.2) is 105 Å². The highest BCUT2D eigenvalue weighted by molar-refractivity contribution is 7.36. The molecule has 10 nitrogen and oxygen atoms in total. The lowest BCUT2D eigenvalue weighted by molar-refractivity contribution is -0.347. The van der Waals surface area contributed by atoms with Gasteiger partial charge in [0.2, 0.25) is 0 Å². The molecular weight excluding hydrogens is 623 g/mol. The molecule has 4 heterocycles. The molecule has 5 fully saturated rings. The van der Waals surface area contributed by atoms with Crippen molar-refractivity contribution in [3.63, 3.8) is 0 Å². The molecule has 20 unspecified atom stereocenters. The van der Waals surface area contributed by atoms with Gasteiger partial charge in [0, 0.05) is 24.9 Å². The molecule has 1 saturated carbocycles. The molecule has 5 aliphatic rings. The van der Waals surface area contributed by atoms with Crippen LogP contribution in [0.25, 0.3) is 0 Å². The Balaban J connectivity index is 1.31. The fourth-order valence-electron chi connectivity index (χ4n) is 8.71. The molecule has 47 heavy (non-hydrogen) atoms. The summed E-state index contributed by atoms with van der Waals surface area (Å²) in [5.74, 6) is 0.862. The molecule has 272 valence electrons. The van der Waals surface area contributed by atoms with Gasteiger partial charge in [0.05, 0.1) is 49.3 Å². The lowest BCUT2D eigenvalue weighted by Crippen LogP contribution is -2.60. The minimum Gasteiger partial charge on any atom is -0.390 e. The van der Waals surface area contributed by atoms with Gasteiger partial charge < -0.3 is 47.7 Å². The highest BCUT2D eigenvalue weighted by Crippen LogP contribution is 2.44. The number of ether oxygens (including phenoxy) is 9. The summed E-state index contributed by atoms with van der Waals surface area (Å²) in [7, 11) is 2.58. The van der Waals surface area contributed by atoms with Gasteiger partial charge in [-0.25, -0.2) is 0 Å². The summed E-state index contributed by atoms with van der Waals surface area (Å²) in [6.45, 7) is 19.9. The van der Waals surface area contributed by atoms with E-state index in [4.69, 9.17) is 42.6 Å². The fourth-order valence-corrected chi connectivity index (χ4v) is 9.13. The molecule has 1 N–H and O–H groups in total. The highest BCUT2D eigenvalue weighted by Gasteiger charge is 2.53. The summed E-state index contributed by atoms with van der Waals surface area (Å²) in [6.07, 6.45) is 3.48. The zero-order valence-corrected chi connectivity index (χ0v) is 31.3. The second-order valence-electron chi connectivity index (χ2n) is 15.1. The first-order valence-corrected chi connectivity index (χ1v) is 19.5. The lowest BCUT2D eigenvalue weighted by Gasteiger charge is -2.50. The molecule has 5 rings (SSSR count). The molecular formula is C36H63O10P. The SMILES string of the molecule is C=PC1OCC2OC(OC3C(C)CC(C)C(O)C3OC3OC(CC)C(OC4OC(CC)C(OC)C(C)C4C)C3CC)C(C)C(C)C2O1. The molecule has 0 radical (unpaired) electrons. The lowest BCUT2D eigenvalue weighted by atomic mass is 9.77. The van der Waals surface area contributed by atoms with Gasteiger partial charge in [0.15, 0.2) is 24.9 Å². The second kappa shape index (κ2) is 16.4. The van der Waals surface area contributed by atoms with Crippen LogP contribution < -0.4 is 0 Å². The van der Waals surface area contributed by atoms with Crippen LogP contribution in [-0.2, 0) is 42.6 Å². The zero-order chi connectivity index (χ0) is 34.2. The molecule has 0 aromatic rings. The van der Waals surface area contributed by atoms with Gasteiger partial charge in [-0.15, -0.1) is 0 Å². The van der Waals surface area contributed by atoms with E-state index in [0.717, 1.165) is 33.9 Å². The summed E-state index contributed by atoms with van der Waals surface area (Å²) < 4.78 is 58.2. The maximum atomic E-state index is 11.6. The van der Waals surface area contributed by atoms with E-state index in [-0.39, 0.29) is 96.5 Å². The first kappa shape index (κ1) is 38.0. The molecule has 0 spiro atoms. The van der Waals surface area contributed by atoms with Crippen molar-refractivity contribution in [2.24, 2.45) is 41.4 Å². The third-order valence-corrected chi connectivity index (χ3v) is 12.7. The van der Waals surface area contributed by atoms with Crippen LogP contribution in [0.2, 0.25) is 0 Å². The normalized spacial score (nSPS) is 52.4. The first-order valence-electron chi connectivity index (χ1n) is 18.3. The average molecular weight is 687 g/mol. The van der Waals surface area contributed by atoms with Crippen molar-refractivity contribution in [1.82, 2.24) is 0 Å². The Morgan fingerprint density at radius 2 is 1.28 bits per heavy atom. The molecule has 0 aromatic carbocycles. The quantitative estimate of drug-likeness (QED) is 0.267. The number of aliphatic hydroxyl groups is 1. The van der Waals surface area contributed by atoms with Crippen LogP contribution in [0.1, 0.15) is 88.0 Å². The monoisotopic (exact) mass is 686 g/mol. The Morgan fingerprint density at radius 1 is 0.681 bits per heavy atom. The zero-order valence-electron chi connectivity index (χ0n) is 30.4. The van der Waals surface area contributed by atoms with Crippen LogP contribution >= 0.6 is 8.20 Å². The minimum atomic E-state index is -0.710. The predicted molar refractivity (Wildman–Crippen MR) is 180 cm³/mol. The van der Waals surface area contributed by atoms with Gasteiger partial charge in [-0.3, -0.25) is 0 Å². The van der Waals surface area contributed by atoms with E-state index >= 15 is 0 Å².